The van der Waals surface area contributed by atoms with Crippen LogP contribution < -0.4 is 4.18 Å². The summed E-state index contributed by atoms with van der Waals surface area (Å²) in [6.45, 7) is 1.95. The van der Waals surface area contributed by atoms with Crippen molar-refractivity contribution in [3.63, 3.8) is 0 Å². The fraction of sp³-hybridized carbons (Fsp3) is 0.0500. The molecule has 0 bridgehead atoms. The van der Waals surface area contributed by atoms with Crippen LogP contribution in [-0.4, -0.2) is 14.6 Å². The lowest BCUT2D eigenvalue weighted by Gasteiger charge is -2.07. The van der Waals surface area contributed by atoms with Crippen molar-refractivity contribution in [2.24, 2.45) is 4.99 Å². The van der Waals surface area contributed by atoms with Crippen molar-refractivity contribution in [2.45, 2.75) is 11.8 Å². The predicted octanol–water partition coefficient (Wildman–Crippen LogP) is 5.17. The average molecular weight is 386 g/mol. The molecular formula is C20H16ClNO3S. The molecule has 0 fully saturated rings. The highest BCUT2D eigenvalue weighted by Gasteiger charge is 2.15. The Labute approximate surface area is 157 Å². The van der Waals surface area contributed by atoms with Gasteiger partial charge in [-0.1, -0.05) is 35.9 Å². The zero-order valence-corrected chi connectivity index (χ0v) is 15.5. The van der Waals surface area contributed by atoms with Crippen molar-refractivity contribution in [3.8, 4) is 5.75 Å². The van der Waals surface area contributed by atoms with Crippen LogP contribution in [0.2, 0.25) is 5.02 Å². The third kappa shape index (κ3) is 4.50. The quantitative estimate of drug-likeness (QED) is 0.450. The summed E-state index contributed by atoms with van der Waals surface area (Å²) in [6, 6.07) is 20.2. The lowest BCUT2D eigenvalue weighted by molar-refractivity contribution is 0.486. The fourth-order valence-electron chi connectivity index (χ4n) is 2.24. The first-order valence-corrected chi connectivity index (χ1v) is 9.62. The monoisotopic (exact) mass is 385 g/mol. The average Bonchev–Trinajstić information content (AvgIpc) is 2.64. The molecule has 0 amide bonds. The molecule has 0 spiro atoms. The lowest BCUT2D eigenvalue weighted by atomic mass is 10.2. The van der Waals surface area contributed by atoms with E-state index in [2.05, 4.69) is 4.99 Å². The summed E-state index contributed by atoms with van der Waals surface area (Å²) in [5, 5.41) is 0.623. The van der Waals surface area contributed by atoms with Gasteiger partial charge in [-0.25, -0.2) is 0 Å². The maximum atomic E-state index is 12.2. The summed E-state index contributed by atoms with van der Waals surface area (Å²) in [4.78, 5) is 4.53. The number of benzene rings is 3. The maximum Gasteiger partial charge on any atom is 0.339 e. The van der Waals surface area contributed by atoms with Crippen molar-refractivity contribution in [1.82, 2.24) is 0 Å². The minimum absolute atomic E-state index is 0.113. The van der Waals surface area contributed by atoms with E-state index in [9.17, 15) is 8.42 Å². The Morgan fingerprint density at radius 1 is 0.962 bits per heavy atom. The second-order valence-electron chi connectivity index (χ2n) is 5.61. The molecule has 0 heterocycles. The van der Waals surface area contributed by atoms with Crippen LogP contribution in [-0.2, 0) is 10.1 Å². The Kier molecular flexibility index (Phi) is 5.40. The second-order valence-corrected chi connectivity index (χ2v) is 7.59. The van der Waals surface area contributed by atoms with Crippen LogP contribution in [0.3, 0.4) is 0 Å². The van der Waals surface area contributed by atoms with Crippen molar-refractivity contribution >= 4 is 33.6 Å². The third-order valence-electron chi connectivity index (χ3n) is 3.64. The van der Waals surface area contributed by atoms with Crippen LogP contribution in [0.25, 0.3) is 0 Å². The molecule has 0 aliphatic rings. The van der Waals surface area contributed by atoms with Gasteiger partial charge in [0.15, 0.2) is 0 Å². The summed E-state index contributed by atoms with van der Waals surface area (Å²) in [5.74, 6) is 0.241. The number of nitrogens with zero attached hydrogens (tertiary/aromatic N) is 1. The van der Waals surface area contributed by atoms with E-state index >= 15 is 0 Å². The smallest absolute Gasteiger partial charge is 0.339 e. The summed E-state index contributed by atoms with van der Waals surface area (Å²) >= 11 is 5.98. The Morgan fingerprint density at radius 3 is 2.35 bits per heavy atom. The van der Waals surface area contributed by atoms with Gasteiger partial charge in [0.05, 0.1) is 5.69 Å². The third-order valence-corrected chi connectivity index (χ3v) is 5.14. The Hall–Kier alpha value is -2.63. The zero-order chi connectivity index (χ0) is 18.6. The van der Waals surface area contributed by atoms with Crippen LogP contribution in [0, 0.1) is 6.92 Å². The Balaban J connectivity index is 1.75. The van der Waals surface area contributed by atoms with E-state index in [-0.39, 0.29) is 10.6 Å². The van der Waals surface area contributed by atoms with E-state index in [1.54, 1.807) is 54.7 Å². The summed E-state index contributed by atoms with van der Waals surface area (Å²) < 4.78 is 29.6. The molecule has 132 valence electrons. The van der Waals surface area contributed by atoms with Crippen molar-refractivity contribution in [1.29, 1.82) is 0 Å². The Bertz CT molecular complexity index is 1030. The molecule has 0 atom stereocenters. The summed E-state index contributed by atoms with van der Waals surface area (Å²) in [7, 11) is -3.84. The van der Waals surface area contributed by atoms with Gasteiger partial charge in [0.2, 0.25) is 0 Å². The SMILES string of the molecule is Cc1ccc(Cl)cc1N=Cc1ccc(OS(=O)(=O)c2ccccc2)cc1. The highest BCUT2D eigenvalue weighted by atomic mass is 35.5. The van der Waals surface area contributed by atoms with Crippen molar-refractivity contribution in [3.05, 3.63) is 88.9 Å². The van der Waals surface area contributed by atoms with Crippen LogP contribution in [0.15, 0.2) is 82.7 Å². The first kappa shape index (κ1) is 18.2. The number of rotatable bonds is 5. The van der Waals surface area contributed by atoms with Crippen LogP contribution in [0.5, 0.6) is 5.75 Å². The highest BCUT2D eigenvalue weighted by Crippen LogP contribution is 2.23. The first-order valence-electron chi connectivity index (χ1n) is 7.84. The lowest BCUT2D eigenvalue weighted by Crippen LogP contribution is -2.09. The van der Waals surface area contributed by atoms with E-state index in [0.717, 1.165) is 16.8 Å². The number of halogens is 1. The molecule has 0 saturated carbocycles. The van der Waals surface area contributed by atoms with Gasteiger partial charge in [-0.3, -0.25) is 4.99 Å². The van der Waals surface area contributed by atoms with Gasteiger partial charge in [-0.05, 0) is 66.6 Å². The molecular weight excluding hydrogens is 370 g/mol. The van der Waals surface area contributed by atoms with Gasteiger partial charge in [-0.2, -0.15) is 8.42 Å². The molecule has 3 rings (SSSR count). The zero-order valence-electron chi connectivity index (χ0n) is 14.0. The largest absolute Gasteiger partial charge is 0.379 e. The topological polar surface area (TPSA) is 55.7 Å². The van der Waals surface area contributed by atoms with Gasteiger partial charge in [0.1, 0.15) is 10.6 Å². The highest BCUT2D eigenvalue weighted by molar-refractivity contribution is 7.87. The van der Waals surface area contributed by atoms with Crippen LogP contribution in [0.4, 0.5) is 5.69 Å². The maximum absolute atomic E-state index is 12.2. The molecule has 6 heteroatoms. The molecule has 4 nitrogen and oxygen atoms in total. The molecule has 0 saturated heterocycles. The first-order chi connectivity index (χ1) is 12.4. The fourth-order valence-corrected chi connectivity index (χ4v) is 3.35. The number of hydrogen-bond donors (Lipinski definition) is 0. The van der Waals surface area contributed by atoms with E-state index < -0.39 is 10.1 Å². The number of aryl methyl sites for hydroxylation is 1. The molecule has 0 N–H and O–H groups in total. The normalized spacial score (nSPS) is 11.6. The summed E-state index contributed by atoms with van der Waals surface area (Å²) in [6.07, 6.45) is 1.69. The standard InChI is InChI=1S/C20H16ClNO3S/c1-15-7-10-17(21)13-20(15)22-14-16-8-11-18(12-9-16)25-26(23,24)19-5-3-2-4-6-19/h2-14H,1H3. The Morgan fingerprint density at radius 2 is 1.65 bits per heavy atom. The minimum atomic E-state index is -3.84. The van der Waals surface area contributed by atoms with E-state index in [4.69, 9.17) is 15.8 Å². The van der Waals surface area contributed by atoms with Crippen LogP contribution >= 0.6 is 11.6 Å². The molecule has 0 aromatic heterocycles. The molecule has 3 aromatic rings. The molecule has 26 heavy (non-hydrogen) atoms. The number of aliphatic imine (C=N–C) groups is 1. The van der Waals surface area contributed by atoms with Gasteiger partial charge < -0.3 is 4.18 Å². The molecule has 0 aliphatic carbocycles. The van der Waals surface area contributed by atoms with Gasteiger partial charge in [-0.15, -0.1) is 0 Å². The minimum Gasteiger partial charge on any atom is -0.379 e. The van der Waals surface area contributed by atoms with Gasteiger partial charge >= 0.3 is 10.1 Å². The predicted molar refractivity (Wildman–Crippen MR) is 104 cm³/mol. The molecule has 0 radical (unpaired) electrons. The molecule has 0 unspecified atom stereocenters. The second kappa shape index (κ2) is 7.72. The van der Waals surface area contributed by atoms with Crippen molar-refractivity contribution < 1.29 is 12.6 Å². The van der Waals surface area contributed by atoms with Gasteiger partial charge in [0, 0.05) is 11.2 Å². The van der Waals surface area contributed by atoms with E-state index in [0.29, 0.717) is 5.02 Å². The summed E-state index contributed by atoms with van der Waals surface area (Å²) in [5.41, 5.74) is 2.61. The van der Waals surface area contributed by atoms with Gasteiger partial charge in [0.25, 0.3) is 0 Å². The van der Waals surface area contributed by atoms with E-state index in [1.807, 2.05) is 19.1 Å². The van der Waals surface area contributed by atoms with Crippen LogP contribution in [0.1, 0.15) is 11.1 Å². The number of hydrogen-bond acceptors (Lipinski definition) is 4. The molecule has 3 aromatic carbocycles. The van der Waals surface area contributed by atoms with Crippen molar-refractivity contribution in [2.75, 3.05) is 0 Å². The molecule has 0 aliphatic heterocycles. The van der Waals surface area contributed by atoms with E-state index in [1.165, 1.54) is 12.1 Å².